The second-order valence-electron chi connectivity index (χ2n) is 3.23. The molecule has 2 nitrogen and oxygen atoms in total. The van der Waals surface area contributed by atoms with Crippen LogP contribution in [0.4, 0.5) is 0 Å². The average molecular weight is 186 g/mol. The first kappa shape index (κ1) is 15.1. The number of nitrogens with two attached hydrogens (primary N) is 2. The van der Waals surface area contributed by atoms with Crippen LogP contribution in [0, 0.1) is 0 Å². The lowest BCUT2D eigenvalue weighted by Gasteiger charge is -2.29. The molecule has 1 unspecified atom stereocenters. The summed E-state index contributed by atoms with van der Waals surface area (Å²) in [5, 5.41) is 0. The van der Waals surface area contributed by atoms with Crippen molar-refractivity contribution in [3.63, 3.8) is 0 Å². The van der Waals surface area contributed by atoms with E-state index < -0.39 is 0 Å². The molecule has 0 rings (SSSR count). The summed E-state index contributed by atoms with van der Waals surface area (Å²) in [5.74, 6) is 0. The van der Waals surface area contributed by atoms with Crippen LogP contribution in [-0.2, 0) is 0 Å². The molecule has 0 aromatic rings. The van der Waals surface area contributed by atoms with Gasteiger partial charge in [0.15, 0.2) is 0 Å². The van der Waals surface area contributed by atoms with Gasteiger partial charge in [0.05, 0.1) is 0 Å². The minimum Gasteiger partial charge on any atom is -0.330 e. The zero-order valence-electron chi connectivity index (χ0n) is 9.69. The van der Waals surface area contributed by atoms with E-state index in [2.05, 4.69) is 13.5 Å². The van der Waals surface area contributed by atoms with Gasteiger partial charge in [0.1, 0.15) is 0 Å². The summed E-state index contributed by atoms with van der Waals surface area (Å²) < 4.78 is 0. The predicted molar refractivity (Wildman–Crippen MR) is 61.7 cm³/mol. The van der Waals surface area contributed by atoms with Gasteiger partial charge in [0.2, 0.25) is 0 Å². The van der Waals surface area contributed by atoms with Crippen molar-refractivity contribution in [2.45, 2.75) is 52.5 Å². The van der Waals surface area contributed by atoms with E-state index >= 15 is 0 Å². The summed E-state index contributed by atoms with van der Waals surface area (Å²) in [6, 6.07) is 0. The molecule has 0 amide bonds. The molecule has 4 N–H and O–H groups in total. The first-order chi connectivity index (χ1) is 6.06. The van der Waals surface area contributed by atoms with Gasteiger partial charge in [-0.15, -0.1) is 0 Å². The maximum Gasteiger partial charge on any atom is 0.0375 e. The maximum atomic E-state index is 6.08. The first-order valence-corrected chi connectivity index (χ1v) is 5.21. The number of hydrogen-bond acceptors (Lipinski definition) is 2. The van der Waals surface area contributed by atoms with Gasteiger partial charge in [0, 0.05) is 5.54 Å². The fraction of sp³-hybridized carbons (Fsp3) is 0.818. The monoisotopic (exact) mass is 186 g/mol. The second-order valence-corrected chi connectivity index (χ2v) is 3.23. The highest BCUT2D eigenvalue weighted by molar-refractivity contribution is 5.12. The van der Waals surface area contributed by atoms with Gasteiger partial charge in [-0.25, -0.2) is 0 Å². The van der Waals surface area contributed by atoms with Gasteiger partial charge in [-0.2, -0.15) is 0 Å². The van der Waals surface area contributed by atoms with Crippen LogP contribution in [0.2, 0.25) is 0 Å². The maximum absolute atomic E-state index is 6.08. The van der Waals surface area contributed by atoms with Crippen molar-refractivity contribution in [2.75, 3.05) is 6.54 Å². The minimum atomic E-state index is -0.219. The minimum absolute atomic E-state index is 0.219. The van der Waals surface area contributed by atoms with Gasteiger partial charge in [-0.05, 0) is 26.3 Å². The standard InChI is InChI=1S/C9H20N2.C2H6/c1-4-5-9(11,6-7-10)8(2)3;1-2/h2,4-7,10-11H2,1,3H3;1-2H3. The molecule has 80 valence electrons. The Morgan fingerprint density at radius 1 is 1.31 bits per heavy atom. The molecule has 0 spiro atoms. The van der Waals surface area contributed by atoms with Gasteiger partial charge >= 0.3 is 0 Å². The van der Waals surface area contributed by atoms with E-state index in [0.29, 0.717) is 6.54 Å². The van der Waals surface area contributed by atoms with E-state index in [4.69, 9.17) is 11.5 Å². The van der Waals surface area contributed by atoms with Crippen molar-refractivity contribution < 1.29 is 0 Å². The van der Waals surface area contributed by atoms with E-state index in [0.717, 1.165) is 24.8 Å². The fourth-order valence-corrected chi connectivity index (χ4v) is 1.26. The highest BCUT2D eigenvalue weighted by Crippen LogP contribution is 2.21. The van der Waals surface area contributed by atoms with Crippen LogP contribution in [0.5, 0.6) is 0 Å². The molecule has 2 heteroatoms. The molecule has 0 radical (unpaired) electrons. The Kier molecular flexibility index (Phi) is 9.63. The molecule has 0 saturated carbocycles. The van der Waals surface area contributed by atoms with Crippen LogP contribution in [0.1, 0.15) is 47.0 Å². The molecule has 0 fully saturated rings. The highest BCUT2D eigenvalue weighted by atomic mass is 14.8. The van der Waals surface area contributed by atoms with Crippen molar-refractivity contribution in [3.05, 3.63) is 12.2 Å². The molecule has 0 bridgehead atoms. The van der Waals surface area contributed by atoms with Crippen LogP contribution < -0.4 is 11.5 Å². The average Bonchev–Trinajstić information content (AvgIpc) is 2.08. The summed E-state index contributed by atoms with van der Waals surface area (Å²) in [6.07, 6.45) is 2.92. The molecule has 0 aromatic carbocycles. The Balaban J connectivity index is 0. The van der Waals surface area contributed by atoms with Gasteiger partial charge in [-0.1, -0.05) is 39.3 Å². The van der Waals surface area contributed by atoms with Crippen LogP contribution in [0.15, 0.2) is 12.2 Å². The molecule has 0 saturated heterocycles. The van der Waals surface area contributed by atoms with E-state index in [1.807, 2.05) is 20.8 Å². The van der Waals surface area contributed by atoms with Crippen molar-refractivity contribution in [3.8, 4) is 0 Å². The van der Waals surface area contributed by atoms with Crippen LogP contribution in [0.25, 0.3) is 0 Å². The summed E-state index contributed by atoms with van der Waals surface area (Å²) in [4.78, 5) is 0. The second kappa shape index (κ2) is 8.27. The Bertz CT molecular complexity index is 124. The Morgan fingerprint density at radius 3 is 2.00 bits per heavy atom. The summed E-state index contributed by atoms with van der Waals surface area (Å²) in [7, 11) is 0. The number of hydrogen-bond donors (Lipinski definition) is 2. The molecule has 13 heavy (non-hydrogen) atoms. The van der Waals surface area contributed by atoms with Gasteiger partial charge in [0.25, 0.3) is 0 Å². The zero-order chi connectivity index (χ0) is 10.9. The van der Waals surface area contributed by atoms with Crippen molar-refractivity contribution >= 4 is 0 Å². The van der Waals surface area contributed by atoms with E-state index in [9.17, 15) is 0 Å². The molecule has 0 aliphatic heterocycles. The lowest BCUT2D eigenvalue weighted by atomic mass is 9.85. The van der Waals surface area contributed by atoms with Crippen molar-refractivity contribution in [1.29, 1.82) is 0 Å². The van der Waals surface area contributed by atoms with Crippen molar-refractivity contribution in [1.82, 2.24) is 0 Å². The smallest absolute Gasteiger partial charge is 0.0375 e. The summed E-state index contributed by atoms with van der Waals surface area (Å²) in [6.45, 7) is 12.6. The quantitative estimate of drug-likeness (QED) is 0.648. The third-order valence-corrected chi connectivity index (χ3v) is 2.14. The summed E-state index contributed by atoms with van der Waals surface area (Å²) >= 11 is 0. The molecule has 1 atom stereocenters. The van der Waals surface area contributed by atoms with Gasteiger partial charge < -0.3 is 11.5 Å². The van der Waals surface area contributed by atoms with E-state index in [1.54, 1.807) is 0 Å². The molecule has 0 aliphatic carbocycles. The van der Waals surface area contributed by atoms with E-state index in [-0.39, 0.29) is 5.54 Å². The topological polar surface area (TPSA) is 52.0 Å². The largest absolute Gasteiger partial charge is 0.330 e. The van der Waals surface area contributed by atoms with Crippen LogP contribution in [0.3, 0.4) is 0 Å². The Labute approximate surface area is 83.4 Å². The molecule has 0 aromatic heterocycles. The van der Waals surface area contributed by atoms with Crippen LogP contribution in [-0.4, -0.2) is 12.1 Å². The Morgan fingerprint density at radius 2 is 1.77 bits per heavy atom. The zero-order valence-corrected chi connectivity index (χ0v) is 9.69. The highest BCUT2D eigenvalue weighted by Gasteiger charge is 2.23. The van der Waals surface area contributed by atoms with Gasteiger partial charge in [-0.3, -0.25) is 0 Å². The third-order valence-electron chi connectivity index (χ3n) is 2.14. The fourth-order valence-electron chi connectivity index (χ4n) is 1.26. The Hall–Kier alpha value is -0.340. The molecular weight excluding hydrogens is 160 g/mol. The predicted octanol–water partition coefficient (Wildman–Crippen LogP) is 2.44. The molecular formula is C11H26N2. The normalized spacial score (nSPS) is 14.0. The van der Waals surface area contributed by atoms with E-state index in [1.165, 1.54) is 0 Å². The number of rotatable bonds is 5. The first-order valence-electron chi connectivity index (χ1n) is 5.21. The lowest BCUT2D eigenvalue weighted by Crippen LogP contribution is -2.42. The SMILES string of the molecule is C=C(C)C(N)(CCC)CCN.CC. The third kappa shape index (κ3) is 5.83. The lowest BCUT2D eigenvalue weighted by molar-refractivity contribution is 0.428. The molecule has 0 heterocycles. The summed E-state index contributed by atoms with van der Waals surface area (Å²) in [5.41, 5.74) is 12.4. The molecule has 0 aliphatic rings. The van der Waals surface area contributed by atoms with Crippen LogP contribution >= 0.6 is 0 Å². The van der Waals surface area contributed by atoms with Crippen molar-refractivity contribution in [2.24, 2.45) is 11.5 Å².